The van der Waals surface area contributed by atoms with Gasteiger partial charge in [-0.2, -0.15) is 0 Å². The van der Waals surface area contributed by atoms with Gasteiger partial charge in [0, 0.05) is 20.2 Å². The van der Waals surface area contributed by atoms with Crippen molar-refractivity contribution in [3.8, 4) is 0 Å². The molecule has 0 amide bonds. The Balaban J connectivity index is 2.36. The van der Waals surface area contributed by atoms with Crippen LogP contribution in [-0.4, -0.2) is 31.2 Å². The van der Waals surface area contributed by atoms with Crippen LogP contribution >= 0.6 is 0 Å². The summed E-state index contributed by atoms with van der Waals surface area (Å²) >= 11 is 0. The Labute approximate surface area is 105 Å². The maximum Gasteiger partial charge on any atom is 0.316 e. The summed E-state index contributed by atoms with van der Waals surface area (Å²) in [6, 6.07) is 5.07. The highest BCUT2D eigenvalue weighted by Crippen LogP contribution is 2.36. The van der Waals surface area contributed by atoms with Gasteiger partial charge in [0.25, 0.3) is 0 Å². The van der Waals surface area contributed by atoms with Crippen LogP contribution in [0.25, 0.3) is 0 Å². The zero-order valence-electron chi connectivity index (χ0n) is 10.1. The largest absolute Gasteiger partial charge is 0.380 e. The molecule has 3 N–H and O–H groups in total. The number of para-hydroxylation sites is 1. The van der Waals surface area contributed by atoms with Crippen molar-refractivity contribution in [3.05, 3.63) is 28.3 Å². The van der Waals surface area contributed by atoms with Crippen molar-refractivity contribution >= 4 is 17.1 Å². The minimum absolute atomic E-state index is 0.0109. The number of nitrogens with two attached hydrogens (primary N) is 1. The van der Waals surface area contributed by atoms with Gasteiger partial charge in [-0.05, 0) is 18.6 Å². The molecule has 2 rings (SSSR count). The maximum absolute atomic E-state index is 11.2. The van der Waals surface area contributed by atoms with Crippen molar-refractivity contribution in [2.24, 2.45) is 5.84 Å². The quantitative estimate of drug-likeness (QED) is 0.473. The molecule has 0 aliphatic carbocycles. The number of hydrazine groups is 1. The van der Waals surface area contributed by atoms with Crippen LogP contribution in [0.3, 0.4) is 0 Å². The number of anilines is 2. The second-order valence-electron chi connectivity index (χ2n) is 4.17. The van der Waals surface area contributed by atoms with Crippen molar-refractivity contribution in [1.82, 2.24) is 0 Å². The van der Waals surface area contributed by atoms with Crippen LogP contribution in [0.5, 0.6) is 0 Å². The molecule has 1 aliphatic heterocycles. The number of nitro groups is 1. The highest BCUT2D eigenvalue weighted by atomic mass is 16.6. The molecule has 7 heteroatoms. The molecule has 1 fully saturated rings. The SMILES string of the molecule is COC1CCN(c2cccc(NN)c2[N+](=O)[O-])C1. The van der Waals surface area contributed by atoms with Gasteiger partial charge < -0.3 is 15.1 Å². The molecule has 1 aromatic carbocycles. The van der Waals surface area contributed by atoms with E-state index >= 15 is 0 Å². The first-order chi connectivity index (χ1) is 8.67. The van der Waals surface area contributed by atoms with Gasteiger partial charge in [-0.3, -0.25) is 16.0 Å². The van der Waals surface area contributed by atoms with Gasteiger partial charge >= 0.3 is 5.69 Å². The molecule has 1 heterocycles. The van der Waals surface area contributed by atoms with Crippen molar-refractivity contribution < 1.29 is 9.66 Å². The van der Waals surface area contributed by atoms with E-state index in [0.717, 1.165) is 13.0 Å². The third kappa shape index (κ3) is 2.22. The number of nitrogens with one attached hydrogen (secondary N) is 1. The van der Waals surface area contributed by atoms with E-state index in [4.69, 9.17) is 10.6 Å². The van der Waals surface area contributed by atoms with Crippen molar-refractivity contribution in [2.45, 2.75) is 12.5 Å². The number of rotatable bonds is 4. The molecule has 0 saturated carbocycles. The highest BCUT2D eigenvalue weighted by Gasteiger charge is 2.29. The summed E-state index contributed by atoms with van der Waals surface area (Å²) < 4.78 is 5.27. The molecule has 98 valence electrons. The number of nitro benzene ring substituents is 1. The van der Waals surface area contributed by atoms with E-state index in [1.807, 2.05) is 4.90 Å². The first-order valence-corrected chi connectivity index (χ1v) is 5.69. The van der Waals surface area contributed by atoms with E-state index in [1.165, 1.54) is 0 Å². The summed E-state index contributed by atoms with van der Waals surface area (Å²) in [6.45, 7) is 1.40. The lowest BCUT2D eigenvalue weighted by molar-refractivity contribution is -0.383. The van der Waals surface area contributed by atoms with Crippen LogP contribution < -0.4 is 16.2 Å². The first kappa shape index (κ1) is 12.6. The first-order valence-electron chi connectivity index (χ1n) is 5.69. The Morgan fingerprint density at radius 1 is 1.61 bits per heavy atom. The van der Waals surface area contributed by atoms with Gasteiger partial charge in [0.15, 0.2) is 0 Å². The molecular weight excluding hydrogens is 236 g/mol. The Morgan fingerprint density at radius 3 is 2.94 bits per heavy atom. The number of methoxy groups -OCH3 is 1. The molecule has 1 unspecified atom stereocenters. The summed E-state index contributed by atoms with van der Waals surface area (Å²) in [5.74, 6) is 5.31. The van der Waals surface area contributed by atoms with Crippen molar-refractivity contribution in [1.29, 1.82) is 0 Å². The zero-order valence-corrected chi connectivity index (χ0v) is 10.1. The number of hydrogen-bond donors (Lipinski definition) is 2. The molecule has 0 aromatic heterocycles. The Hall–Kier alpha value is -1.86. The minimum atomic E-state index is -0.412. The normalized spacial score (nSPS) is 19.0. The van der Waals surface area contributed by atoms with E-state index in [2.05, 4.69) is 5.43 Å². The summed E-state index contributed by atoms with van der Waals surface area (Å²) in [6.07, 6.45) is 0.993. The smallest absolute Gasteiger partial charge is 0.316 e. The van der Waals surface area contributed by atoms with E-state index in [1.54, 1.807) is 25.3 Å². The topological polar surface area (TPSA) is 93.7 Å². The minimum Gasteiger partial charge on any atom is -0.380 e. The second-order valence-corrected chi connectivity index (χ2v) is 4.17. The van der Waals surface area contributed by atoms with Crippen molar-refractivity contribution in [3.63, 3.8) is 0 Å². The molecule has 1 atom stereocenters. The van der Waals surface area contributed by atoms with Crippen molar-refractivity contribution in [2.75, 3.05) is 30.5 Å². The average molecular weight is 252 g/mol. The fourth-order valence-corrected chi connectivity index (χ4v) is 2.23. The fraction of sp³-hybridized carbons (Fsp3) is 0.455. The molecule has 1 saturated heterocycles. The molecule has 0 spiro atoms. The van der Waals surface area contributed by atoms with E-state index < -0.39 is 4.92 Å². The lowest BCUT2D eigenvalue weighted by Gasteiger charge is -2.19. The Bertz CT molecular complexity index is 452. The maximum atomic E-state index is 11.2. The zero-order chi connectivity index (χ0) is 13.1. The monoisotopic (exact) mass is 252 g/mol. The molecule has 1 aliphatic rings. The summed E-state index contributed by atoms with van der Waals surface area (Å²) in [4.78, 5) is 12.7. The lowest BCUT2D eigenvalue weighted by atomic mass is 10.2. The predicted molar refractivity (Wildman–Crippen MR) is 68.5 cm³/mol. The standard InChI is InChI=1S/C11H16N4O3/c1-18-8-5-6-14(7-8)10-4-2-3-9(13-12)11(10)15(16)17/h2-4,8,13H,5-7,12H2,1H3. The summed E-state index contributed by atoms with van der Waals surface area (Å²) in [5, 5.41) is 11.2. The van der Waals surface area contributed by atoms with Crippen LogP contribution in [0.1, 0.15) is 6.42 Å². The molecule has 0 radical (unpaired) electrons. The van der Waals surface area contributed by atoms with Gasteiger partial charge in [-0.1, -0.05) is 6.07 Å². The van der Waals surface area contributed by atoms with Crippen LogP contribution in [-0.2, 0) is 4.74 Å². The summed E-state index contributed by atoms with van der Waals surface area (Å²) in [7, 11) is 1.65. The van der Waals surface area contributed by atoms with Gasteiger partial charge in [-0.15, -0.1) is 0 Å². The Kier molecular flexibility index (Phi) is 3.63. The fourth-order valence-electron chi connectivity index (χ4n) is 2.23. The molecular formula is C11H16N4O3. The van der Waals surface area contributed by atoms with Gasteiger partial charge in [0.2, 0.25) is 0 Å². The van der Waals surface area contributed by atoms with Crippen LogP contribution in [0.2, 0.25) is 0 Å². The van der Waals surface area contributed by atoms with Gasteiger partial charge in [0.05, 0.1) is 11.0 Å². The average Bonchev–Trinajstić information content (AvgIpc) is 2.86. The molecule has 1 aromatic rings. The molecule has 0 bridgehead atoms. The number of nitrogen functional groups attached to an aromatic ring is 1. The third-order valence-electron chi connectivity index (χ3n) is 3.17. The summed E-state index contributed by atoms with van der Waals surface area (Å²) in [5.41, 5.74) is 3.27. The van der Waals surface area contributed by atoms with Crippen LogP contribution in [0.15, 0.2) is 18.2 Å². The predicted octanol–water partition coefficient (Wildman–Crippen LogP) is 1.11. The lowest BCUT2D eigenvalue weighted by Crippen LogP contribution is -2.23. The number of hydrogen-bond acceptors (Lipinski definition) is 6. The molecule has 7 nitrogen and oxygen atoms in total. The van der Waals surface area contributed by atoms with Crippen LogP contribution in [0, 0.1) is 10.1 Å². The number of ether oxygens (including phenoxy) is 1. The van der Waals surface area contributed by atoms with E-state index in [-0.39, 0.29) is 11.8 Å². The number of nitrogens with zero attached hydrogens (tertiary/aromatic N) is 2. The third-order valence-corrected chi connectivity index (χ3v) is 3.17. The van der Waals surface area contributed by atoms with Gasteiger partial charge in [-0.25, -0.2) is 0 Å². The van der Waals surface area contributed by atoms with E-state index in [0.29, 0.717) is 17.9 Å². The van der Waals surface area contributed by atoms with Gasteiger partial charge in [0.1, 0.15) is 11.4 Å². The molecule has 18 heavy (non-hydrogen) atoms. The van der Waals surface area contributed by atoms with Crippen LogP contribution in [0.4, 0.5) is 17.1 Å². The number of benzene rings is 1. The highest BCUT2D eigenvalue weighted by molar-refractivity contribution is 5.77. The van der Waals surface area contributed by atoms with E-state index in [9.17, 15) is 10.1 Å². The Morgan fingerprint density at radius 2 is 2.39 bits per heavy atom. The second kappa shape index (κ2) is 5.19.